The average molecular weight is 381 g/mol. The van der Waals surface area contributed by atoms with Crippen LogP contribution in [0.5, 0.6) is 0 Å². The van der Waals surface area contributed by atoms with Crippen LogP contribution in [0.2, 0.25) is 0 Å². The third-order valence-electron chi connectivity index (χ3n) is 4.16. The van der Waals surface area contributed by atoms with E-state index >= 15 is 0 Å². The van der Waals surface area contributed by atoms with Crippen LogP contribution in [0.4, 0.5) is 0 Å². The van der Waals surface area contributed by atoms with E-state index in [1.54, 1.807) is 12.1 Å². The van der Waals surface area contributed by atoms with Gasteiger partial charge in [-0.1, -0.05) is 42.5 Å². The molecule has 144 valence electrons. The molecule has 0 spiro atoms. The summed E-state index contributed by atoms with van der Waals surface area (Å²) in [5.74, 6) is -1.27. The Balaban J connectivity index is 1.63. The number of carbonyl (C=O) groups excluding carboxylic acids is 2. The number of nitrogens with zero attached hydrogens (tertiary/aromatic N) is 1. The first-order valence-electron chi connectivity index (χ1n) is 8.68. The summed E-state index contributed by atoms with van der Waals surface area (Å²) >= 11 is 0. The van der Waals surface area contributed by atoms with Gasteiger partial charge in [-0.25, -0.2) is 4.68 Å². The normalized spacial score (nSPS) is 11.8. The molecule has 0 aliphatic heterocycles. The van der Waals surface area contributed by atoms with Crippen molar-refractivity contribution in [1.29, 1.82) is 0 Å². The number of nitrogens with one attached hydrogen (secondary N) is 2. The Morgan fingerprint density at radius 1 is 1.04 bits per heavy atom. The van der Waals surface area contributed by atoms with Crippen molar-refractivity contribution < 1.29 is 14.3 Å². The summed E-state index contributed by atoms with van der Waals surface area (Å²) < 4.78 is 5.96. The van der Waals surface area contributed by atoms with Gasteiger partial charge < -0.3 is 10.1 Å². The van der Waals surface area contributed by atoms with Crippen LogP contribution >= 0.6 is 0 Å². The largest absolute Gasteiger partial charge is 0.451 e. The number of hydrogen-bond donors (Lipinski definition) is 2. The molecule has 0 radical (unpaired) electrons. The van der Waals surface area contributed by atoms with E-state index in [2.05, 4.69) is 10.4 Å². The van der Waals surface area contributed by atoms with Gasteiger partial charge in [0.25, 0.3) is 17.0 Å². The summed E-state index contributed by atoms with van der Waals surface area (Å²) in [5, 5.41) is 5.46. The number of amides is 1. The molecule has 0 aliphatic rings. The number of fused-ring (bicyclic) bond motifs is 1. The zero-order valence-corrected chi connectivity index (χ0v) is 15.2. The van der Waals surface area contributed by atoms with E-state index in [-0.39, 0.29) is 10.8 Å². The van der Waals surface area contributed by atoms with Gasteiger partial charge in [0.1, 0.15) is 6.54 Å². The van der Waals surface area contributed by atoms with Gasteiger partial charge in [0.05, 0.1) is 10.8 Å². The van der Waals surface area contributed by atoms with E-state index in [1.165, 1.54) is 19.1 Å². The third kappa shape index (κ3) is 4.35. The summed E-state index contributed by atoms with van der Waals surface area (Å²) in [4.78, 5) is 48.7. The van der Waals surface area contributed by atoms with Crippen LogP contribution in [0.1, 0.15) is 12.5 Å². The highest BCUT2D eigenvalue weighted by Crippen LogP contribution is 2.03. The Labute approximate surface area is 159 Å². The van der Waals surface area contributed by atoms with Crippen LogP contribution in [0.25, 0.3) is 10.8 Å². The summed E-state index contributed by atoms with van der Waals surface area (Å²) in [6, 6.07) is 15.6. The van der Waals surface area contributed by atoms with Crippen molar-refractivity contribution >= 4 is 22.6 Å². The summed E-state index contributed by atoms with van der Waals surface area (Å²) in [6.07, 6.45) is -1.04. The molecule has 1 aromatic heterocycles. The molecular formula is C20H19N3O5. The van der Waals surface area contributed by atoms with Crippen LogP contribution in [0.15, 0.2) is 64.2 Å². The van der Waals surface area contributed by atoms with Crippen molar-refractivity contribution in [3.8, 4) is 0 Å². The zero-order valence-electron chi connectivity index (χ0n) is 15.2. The summed E-state index contributed by atoms with van der Waals surface area (Å²) in [5.41, 5.74) is -0.0975. The number of carbonyl (C=O) groups is 2. The van der Waals surface area contributed by atoms with Crippen molar-refractivity contribution in [2.45, 2.75) is 26.1 Å². The second-order valence-electron chi connectivity index (χ2n) is 6.21. The molecule has 0 aliphatic carbocycles. The maximum atomic E-state index is 12.4. The minimum Gasteiger partial charge on any atom is -0.451 e. The van der Waals surface area contributed by atoms with Crippen molar-refractivity contribution in [2.24, 2.45) is 0 Å². The van der Waals surface area contributed by atoms with Gasteiger partial charge in [-0.05, 0) is 24.6 Å². The fraction of sp³-hybridized carbons (Fsp3) is 0.200. The Kier molecular flexibility index (Phi) is 5.69. The van der Waals surface area contributed by atoms with Crippen LogP contribution in [0.3, 0.4) is 0 Å². The molecule has 2 aromatic carbocycles. The van der Waals surface area contributed by atoms with Gasteiger partial charge >= 0.3 is 5.97 Å². The molecule has 8 heteroatoms. The maximum absolute atomic E-state index is 12.4. The van der Waals surface area contributed by atoms with Gasteiger partial charge in [0, 0.05) is 6.54 Å². The molecule has 1 heterocycles. The lowest BCUT2D eigenvalue weighted by atomic mass is 10.2. The van der Waals surface area contributed by atoms with Crippen molar-refractivity contribution in [1.82, 2.24) is 15.1 Å². The molecule has 0 fully saturated rings. The van der Waals surface area contributed by atoms with Gasteiger partial charge in [-0.2, -0.15) is 0 Å². The molecule has 0 saturated heterocycles. The van der Waals surface area contributed by atoms with Gasteiger partial charge in [-0.15, -0.1) is 0 Å². The third-order valence-corrected chi connectivity index (χ3v) is 4.16. The average Bonchev–Trinajstić information content (AvgIpc) is 2.70. The maximum Gasteiger partial charge on any atom is 0.328 e. The number of aromatic nitrogens is 2. The fourth-order valence-electron chi connectivity index (χ4n) is 2.70. The molecule has 0 unspecified atom stereocenters. The highest BCUT2D eigenvalue weighted by atomic mass is 16.5. The molecule has 0 saturated carbocycles. The first-order valence-corrected chi connectivity index (χ1v) is 8.68. The molecule has 3 rings (SSSR count). The zero-order chi connectivity index (χ0) is 20.1. The highest BCUT2D eigenvalue weighted by molar-refractivity contribution is 5.83. The molecule has 8 nitrogen and oxygen atoms in total. The van der Waals surface area contributed by atoms with E-state index in [0.717, 1.165) is 10.2 Å². The lowest BCUT2D eigenvalue weighted by Crippen LogP contribution is -2.38. The van der Waals surface area contributed by atoms with E-state index in [0.29, 0.717) is 6.54 Å². The minimum absolute atomic E-state index is 0.202. The van der Waals surface area contributed by atoms with Crippen molar-refractivity contribution in [2.75, 3.05) is 0 Å². The summed E-state index contributed by atoms with van der Waals surface area (Å²) in [6.45, 7) is 1.23. The first kappa shape index (κ1) is 19.1. The van der Waals surface area contributed by atoms with Gasteiger partial charge in [0.2, 0.25) is 0 Å². The number of aromatic amines is 1. The number of esters is 1. The van der Waals surface area contributed by atoms with Crippen molar-refractivity contribution in [3.63, 3.8) is 0 Å². The molecule has 0 bridgehead atoms. The van der Waals surface area contributed by atoms with E-state index in [4.69, 9.17) is 4.74 Å². The molecule has 1 amide bonds. The van der Waals surface area contributed by atoms with E-state index in [1.807, 2.05) is 30.3 Å². The number of hydrogen-bond acceptors (Lipinski definition) is 5. The van der Waals surface area contributed by atoms with Crippen molar-refractivity contribution in [3.05, 3.63) is 80.9 Å². The number of benzene rings is 2. The van der Waals surface area contributed by atoms with Crippen LogP contribution in [-0.2, 0) is 27.4 Å². The highest BCUT2D eigenvalue weighted by Gasteiger charge is 2.19. The van der Waals surface area contributed by atoms with E-state index in [9.17, 15) is 19.2 Å². The lowest BCUT2D eigenvalue weighted by Gasteiger charge is -2.14. The monoisotopic (exact) mass is 381 g/mol. The number of rotatable bonds is 6. The van der Waals surface area contributed by atoms with Gasteiger partial charge in [0.15, 0.2) is 6.10 Å². The Bertz CT molecular complexity index is 1120. The fourth-order valence-corrected chi connectivity index (χ4v) is 2.70. The van der Waals surface area contributed by atoms with Crippen LogP contribution in [-0.4, -0.2) is 27.8 Å². The van der Waals surface area contributed by atoms with Crippen LogP contribution in [0, 0.1) is 0 Å². The lowest BCUT2D eigenvalue weighted by molar-refractivity contribution is -0.155. The Hall–Kier alpha value is -3.68. The SMILES string of the molecule is C[C@@H](OC(=O)Cn1[nH]c(=O)c2ccccc2c1=O)C(=O)NCc1ccccc1. The van der Waals surface area contributed by atoms with E-state index < -0.39 is 35.6 Å². The molecule has 3 aromatic rings. The van der Waals surface area contributed by atoms with Crippen LogP contribution < -0.4 is 16.4 Å². The first-order chi connectivity index (χ1) is 13.5. The molecule has 1 atom stereocenters. The predicted molar refractivity (Wildman–Crippen MR) is 103 cm³/mol. The molecular weight excluding hydrogens is 362 g/mol. The topological polar surface area (TPSA) is 110 Å². The smallest absolute Gasteiger partial charge is 0.328 e. The second kappa shape index (κ2) is 8.34. The summed E-state index contributed by atoms with van der Waals surface area (Å²) in [7, 11) is 0. The molecule has 28 heavy (non-hydrogen) atoms. The Morgan fingerprint density at radius 2 is 1.68 bits per heavy atom. The minimum atomic E-state index is -1.04. The quantitative estimate of drug-likeness (QED) is 0.618. The Morgan fingerprint density at radius 3 is 2.39 bits per heavy atom. The van der Waals surface area contributed by atoms with Gasteiger partial charge in [-0.3, -0.25) is 24.3 Å². The number of ether oxygens (including phenoxy) is 1. The molecule has 2 N–H and O–H groups in total. The predicted octanol–water partition coefficient (Wildman–Crippen LogP) is 0.938. The standard InChI is InChI=1S/C20H19N3O5/c1-13(18(25)21-11-14-7-3-2-4-8-14)28-17(24)12-23-20(27)16-10-6-5-9-15(16)19(26)22-23/h2-10,13H,11-12H2,1H3,(H,21,25)(H,22,26)/t13-/m1/s1. The number of H-pyrrole nitrogens is 1. The second-order valence-corrected chi connectivity index (χ2v) is 6.21.